The third-order valence-corrected chi connectivity index (χ3v) is 6.22. The first-order chi connectivity index (χ1) is 16.4. The number of fused-ring (bicyclic) bond motifs is 1. The van der Waals surface area contributed by atoms with E-state index in [-0.39, 0.29) is 11.4 Å². The molecule has 2 aliphatic rings. The molecule has 34 heavy (non-hydrogen) atoms. The molecular formula is C25H21N3O6. The molecule has 3 atom stereocenters. The Balaban J connectivity index is 1.59. The van der Waals surface area contributed by atoms with E-state index in [1.807, 2.05) is 43.3 Å². The molecule has 0 aliphatic carbocycles. The number of nitrogens with zero attached hydrogens (tertiary/aromatic N) is 3. The van der Waals surface area contributed by atoms with Crippen LogP contribution in [0.3, 0.4) is 0 Å². The minimum absolute atomic E-state index is 0.151. The summed E-state index contributed by atoms with van der Waals surface area (Å²) in [4.78, 5) is 44.8. The summed E-state index contributed by atoms with van der Waals surface area (Å²) in [6.07, 6.45) is -1.06. The summed E-state index contributed by atoms with van der Waals surface area (Å²) in [5.41, 5.74) is 2.40. The van der Waals surface area contributed by atoms with Crippen molar-refractivity contribution in [1.29, 1.82) is 0 Å². The van der Waals surface area contributed by atoms with E-state index in [2.05, 4.69) is 0 Å². The number of para-hydroxylation sites is 1. The van der Waals surface area contributed by atoms with Crippen molar-refractivity contribution in [2.75, 3.05) is 17.1 Å². The Hall–Kier alpha value is -4.24. The molecule has 0 bridgehead atoms. The van der Waals surface area contributed by atoms with Crippen molar-refractivity contribution in [3.8, 4) is 5.75 Å². The summed E-state index contributed by atoms with van der Waals surface area (Å²) in [5.74, 6) is -1.19. The summed E-state index contributed by atoms with van der Waals surface area (Å²) in [5, 5.41) is 12.9. The highest BCUT2D eigenvalue weighted by atomic mass is 16.7. The summed E-state index contributed by atoms with van der Waals surface area (Å²) in [6.45, 7) is 1.93. The minimum atomic E-state index is -1.06. The molecule has 9 nitrogen and oxygen atoms in total. The van der Waals surface area contributed by atoms with Crippen LogP contribution in [0.4, 0.5) is 17.1 Å². The van der Waals surface area contributed by atoms with Crippen LogP contribution >= 0.6 is 0 Å². The topological polar surface area (TPSA) is 102 Å². The third-order valence-electron chi connectivity index (χ3n) is 6.22. The lowest BCUT2D eigenvalue weighted by Gasteiger charge is -2.29. The molecule has 5 rings (SSSR count). The highest BCUT2D eigenvalue weighted by Gasteiger charge is 2.60. The number of carbonyl (C=O) groups excluding carboxylic acids is 2. The number of anilines is 2. The average molecular weight is 459 g/mol. The van der Waals surface area contributed by atoms with E-state index in [4.69, 9.17) is 9.57 Å². The van der Waals surface area contributed by atoms with Crippen molar-refractivity contribution in [3.05, 3.63) is 94.0 Å². The fourth-order valence-electron chi connectivity index (χ4n) is 4.57. The van der Waals surface area contributed by atoms with Gasteiger partial charge in [-0.1, -0.05) is 36.4 Å². The zero-order valence-electron chi connectivity index (χ0n) is 18.5. The van der Waals surface area contributed by atoms with E-state index >= 15 is 0 Å². The first kappa shape index (κ1) is 21.6. The number of nitro benzene ring substituents is 1. The second-order valence-electron chi connectivity index (χ2n) is 8.17. The van der Waals surface area contributed by atoms with Crippen molar-refractivity contribution in [1.82, 2.24) is 0 Å². The fraction of sp³-hybridized carbons (Fsp3) is 0.200. The van der Waals surface area contributed by atoms with Crippen LogP contribution in [-0.4, -0.2) is 30.0 Å². The second-order valence-corrected chi connectivity index (χ2v) is 8.17. The number of hydroxylamine groups is 1. The highest BCUT2D eigenvalue weighted by molar-refractivity contribution is 6.24. The Morgan fingerprint density at radius 1 is 0.971 bits per heavy atom. The number of methoxy groups -OCH3 is 1. The van der Waals surface area contributed by atoms with Crippen LogP contribution in [-0.2, 0) is 14.4 Å². The lowest BCUT2D eigenvalue weighted by molar-refractivity contribution is -0.384. The van der Waals surface area contributed by atoms with Crippen molar-refractivity contribution in [2.24, 2.45) is 5.92 Å². The van der Waals surface area contributed by atoms with E-state index < -0.39 is 34.8 Å². The molecule has 0 N–H and O–H groups in total. The molecular weight excluding hydrogens is 438 g/mol. The van der Waals surface area contributed by atoms with Crippen molar-refractivity contribution >= 4 is 28.9 Å². The van der Waals surface area contributed by atoms with E-state index in [9.17, 15) is 19.7 Å². The summed E-state index contributed by atoms with van der Waals surface area (Å²) >= 11 is 0. The van der Waals surface area contributed by atoms with Gasteiger partial charge in [0, 0.05) is 12.1 Å². The number of ether oxygens (including phenoxy) is 1. The van der Waals surface area contributed by atoms with Gasteiger partial charge in [-0.25, -0.2) is 9.96 Å². The summed E-state index contributed by atoms with van der Waals surface area (Å²) in [7, 11) is 1.57. The van der Waals surface area contributed by atoms with Crippen LogP contribution in [0.2, 0.25) is 0 Å². The van der Waals surface area contributed by atoms with Crippen LogP contribution < -0.4 is 14.7 Å². The van der Waals surface area contributed by atoms with E-state index in [1.54, 1.807) is 24.3 Å². The number of carbonyl (C=O) groups is 2. The minimum Gasteiger partial charge on any atom is -0.497 e. The Kier molecular flexibility index (Phi) is 5.25. The standard InChI is InChI=1S/C25H21N3O6/c1-15-6-3-4-9-20(15)27-22(16-10-12-19(33-2)13-11-16)21-23(34-27)25(30)26(24(21)29)17-7-5-8-18(14-17)28(31)32/h3-14,21-23H,1-2H3/t21-,22+,23-/m0/s1. The monoisotopic (exact) mass is 459 g/mol. The Morgan fingerprint density at radius 3 is 2.38 bits per heavy atom. The predicted octanol–water partition coefficient (Wildman–Crippen LogP) is 3.96. The van der Waals surface area contributed by atoms with Gasteiger partial charge in [0.25, 0.3) is 11.6 Å². The normalized spacial score (nSPS) is 21.6. The molecule has 2 fully saturated rings. The lowest BCUT2D eigenvalue weighted by atomic mass is 9.90. The summed E-state index contributed by atoms with van der Waals surface area (Å²) < 4.78 is 5.26. The smallest absolute Gasteiger partial charge is 0.271 e. The molecule has 0 aromatic heterocycles. The highest BCUT2D eigenvalue weighted by Crippen LogP contribution is 2.48. The molecule has 2 amide bonds. The molecule has 0 radical (unpaired) electrons. The molecule has 2 saturated heterocycles. The zero-order valence-corrected chi connectivity index (χ0v) is 18.5. The van der Waals surface area contributed by atoms with Gasteiger partial charge in [0.05, 0.1) is 29.4 Å². The van der Waals surface area contributed by atoms with E-state index in [0.717, 1.165) is 21.7 Å². The quantitative estimate of drug-likeness (QED) is 0.323. The van der Waals surface area contributed by atoms with Gasteiger partial charge in [0.1, 0.15) is 11.7 Å². The molecule has 172 valence electrons. The summed E-state index contributed by atoms with van der Waals surface area (Å²) in [6, 6.07) is 19.7. The number of nitro groups is 1. The molecule has 2 aliphatic heterocycles. The number of rotatable bonds is 5. The maximum Gasteiger partial charge on any atom is 0.271 e. The van der Waals surface area contributed by atoms with Crippen LogP contribution in [0.1, 0.15) is 17.2 Å². The maximum absolute atomic E-state index is 13.7. The fourth-order valence-corrected chi connectivity index (χ4v) is 4.57. The van der Waals surface area contributed by atoms with Crippen LogP contribution in [0.25, 0.3) is 0 Å². The van der Waals surface area contributed by atoms with Gasteiger partial charge in [-0.2, -0.15) is 0 Å². The zero-order chi connectivity index (χ0) is 24.0. The Labute approximate surface area is 195 Å². The largest absolute Gasteiger partial charge is 0.497 e. The van der Waals surface area contributed by atoms with Crippen LogP contribution in [0, 0.1) is 23.0 Å². The van der Waals surface area contributed by atoms with Gasteiger partial charge >= 0.3 is 0 Å². The van der Waals surface area contributed by atoms with Gasteiger partial charge in [-0.05, 0) is 42.3 Å². The number of non-ortho nitro benzene ring substituents is 1. The average Bonchev–Trinajstić information content (AvgIpc) is 3.35. The van der Waals surface area contributed by atoms with Gasteiger partial charge in [-0.3, -0.25) is 24.5 Å². The number of amides is 2. The third kappa shape index (κ3) is 3.37. The molecule has 2 heterocycles. The van der Waals surface area contributed by atoms with Gasteiger partial charge in [0.2, 0.25) is 5.91 Å². The van der Waals surface area contributed by atoms with Gasteiger partial charge in [0.15, 0.2) is 6.10 Å². The first-order valence-corrected chi connectivity index (χ1v) is 10.7. The maximum atomic E-state index is 13.7. The predicted molar refractivity (Wildman–Crippen MR) is 123 cm³/mol. The number of imide groups is 1. The molecule has 9 heteroatoms. The van der Waals surface area contributed by atoms with Crippen molar-refractivity contribution in [3.63, 3.8) is 0 Å². The van der Waals surface area contributed by atoms with Crippen LogP contribution in [0.5, 0.6) is 5.75 Å². The second kappa shape index (κ2) is 8.27. The number of hydrogen-bond donors (Lipinski definition) is 0. The number of hydrogen-bond acceptors (Lipinski definition) is 7. The van der Waals surface area contributed by atoms with Crippen molar-refractivity contribution < 1.29 is 24.1 Å². The van der Waals surface area contributed by atoms with Crippen molar-refractivity contribution in [2.45, 2.75) is 19.1 Å². The molecule has 3 aromatic carbocycles. The molecule has 0 unspecified atom stereocenters. The van der Waals surface area contributed by atoms with E-state index in [0.29, 0.717) is 5.75 Å². The van der Waals surface area contributed by atoms with E-state index in [1.165, 1.54) is 24.3 Å². The molecule has 3 aromatic rings. The Bertz CT molecular complexity index is 1290. The first-order valence-electron chi connectivity index (χ1n) is 10.7. The number of aryl methyl sites for hydroxylation is 1. The SMILES string of the molecule is COc1ccc([C@@H]2[C@@H]3C(=O)N(c4cccc([N+](=O)[O-])c4)C(=O)[C@H]3ON2c2ccccc2C)cc1. The molecule has 0 saturated carbocycles. The van der Waals surface area contributed by atoms with Gasteiger partial charge in [-0.15, -0.1) is 0 Å². The number of benzene rings is 3. The Morgan fingerprint density at radius 2 is 1.71 bits per heavy atom. The van der Waals surface area contributed by atoms with Gasteiger partial charge < -0.3 is 4.74 Å². The van der Waals surface area contributed by atoms with Crippen LogP contribution in [0.15, 0.2) is 72.8 Å². The molecule has 0 spiro atoms. The lowest BCUT2D eigenvalue weighted by Crippen LogP contribution is -2.37.